The largest absolute Gasteiger partial charge is 0.373 e. The van der Waals surface area contributed by atoms with Crippen molar-refractivity contribution < 1.29 is 171 Å². The summed E-state index contributed by atoms with van der Waals surface area (Å²) in [7, 11) is -29.5. The van der Waals surface area contributed by atoms with E-state index in [0.717, 1.165) is 13.8 Å². The fraction of sp³-hybridized carbons (Fsp3) is 0.694. The van der Waals surface area contributed by atoms with Crippen molar-refractivity contribution in [1.29, 1.82) is 0 Å². The number of rotatable bonds is 35. The second-order valence-electron chi connectivity index (χ2n) is 22.8. The summed E-state index contributed by atoms with van der Waals surface area (Å²) in [5, 5.41) is 11.2. The number of ether oxygens (including phenoxy) is 11. The summed E-state index contributed by atoms with van der Waals surface area (Å²) in [6.45, 7) is 4.57. The Morgan fingerprint density at radius 2 is 0.897 bits per heavy atom. The zero-order valence-corrected chi connectivity index (χ0v) is 61.5. The van der Waals surface area contributed by atoms with Crippen LogP contribution in [0.25, 0.3) is 31.3 Å². The van der Waals surface area contributed by atoms with Gasteiger partial charge in [0.25, 0.3) is 0 Å². The predicted molar refractivity (Wildman–Crippen MR) is 342 cm³/mol. The number of hydrogen-bond donors (Lipinski definition) is 0. The molecule has 586 valence electrons. The molecule has 0 aromatic heterocycles. The van der Waals surface area contributed by atoms with E-state index in [1.165, 1.54) is 89.2 Å². The van der Waals surface area contributed by atoms with Crippen molar-refractivity contribution in [3.63, 3.8) is 0 Å². The summed E-state index contributed by atoms with van der Waals surface area (Å²) in [6.07, 6.45) is -35.3. The average Bonchev–Trinajstić information content (AvgIpc) is 0.762. The van der Waals surface area contributed by atoms with Crippen LogP contribution in [-0.4, -0.2) is 271 Å². The van der Waals surface area contributed by atoms with Crippen LogP contribution in [0.2, 0.25) is 0 Å². The molecule has 12 unspecified atom stereocenters. The minimum Gasteiger partial charge on any atom is -0.186 e. The molecule has 5 heterocycles. The maximum Gasteiger partial charge on any atom is 0.373 e. The number of azide groups is 3. The SMILES string of the molecule is CC1O[C@@H](O[C@@H]2C(COS(=O)(=O)[O-])O[C@@H](O[C@@H]3C(C)O[C@@H](O[C@@H]4C(COS(=O)(=O)[O-])O[C@H](C)C(N=[N+]=[N-])[C@H]4P[B]B=O)C(OS(=O)(=O)[O-])[C@@H]3OCc3ccccc3)C(N=[N+]=[N-])[C@H]2OS(=O)(=O)[O-])C(OC(=O)c2ccccc2)[C@@H](C)[C@@H]1O[C@@H]1OC(COS(=O)(=O)[O-])[C@@H](C)[C@H](P[B]B=O)C1N=[N+]=[N-].O=C=O.O=C=O. The van der Waals surface area contributed by atoms with Crippen LogP contribution >= 0.6 is 16.9 Å². The minimum absolute atomic E-state index is 0.143. The van der Waals surface area contributed by atoms with Crippen LogP contribution in [0.15, 0.2) is 76.0 Å². The number of hydrogen-bond acceptors (Lipinski definition) is 41. The molecule has 2 aromatic carbocycles. The van der Waals surface area contributed by atoms with Gasteiger partial charge in [0.2, 0.25) is 20.8 Å². The molecule has 2 radical (unpaired) electrons. The molecule has 2 aromatic rings. The van der Waals surface area contributed by atoms with Gasteiger partial charge in [0.15, 0.2) is 0 Å². The molecular weight excluding hydrogens is 1590 g/mol. The van der Waals surface area contributed by atoms with E-state index in [-0.39, 0.29) is 23.4 Å². The molecule has 5 saturated heterocycles. The summed E-state index contributed by atoms with van der Waals surface area (Å²) in [6, 6.07) is 9.36. The van der Waals surface area contributed by atoms with E-state index in [1.807, 2.05) is 0 Å². The van der Waals surface area contributed by atoms with Gasteiger partial charge in [-0.05, 0) is 17.7 Å². The fourth-order valence-corrected chi connectivity index (χ4v) is 16.2. The van der Waals surface area contributed by atoms with E-state index in [0.29, 0.717) is 14.1 Å². The maximum absolute atomic E-state index is 14.2. The predicted octanol–water partition coefficient (Wildman–Crippen LogP) is -1.41. The average molecular weight is 1650 g/mol. The molecular formula is C49H60B4N9O38P2S5-5. The maximum atomic E-state index is 14.2. The molecule has 5 aliphatic heterocycles. The van der Waals surface area contributed by atoms with Crippen LogP contribution in [0.5, 0.6) is 0 Å². The Labute approximate surface area is 614 Å². The van der Waals surface area contributed by atoms with Crippen LogP contribution in [0.4, 0.5) is 0 Å². The Morgan fingerprint density at radius 3 is 1.41 bits per heavy atom. The van der Waals surface area contributed by atoms with Gasteiger partial charge in [-0.1, -0.05) is 41.5 Å². The molecule has 0 amide bonds. The van der Waals surface area contributed by atoms with E-state index in [2.05, 4.69) is 42.6 Å². The molecule has 7 rings (SSSR count). The second kappa shape index (κ2) is 42.6. The zero-order valence-electron chi connectivity index (χ0n) is 55.4. The van der Waals surface area contributed by atoms with Crippen LogP contribution < -0.4 is 0 Å². The van der Waals surface area contributed by atoms with Gasteiger partial charge in [0.05, 0.1) is 6.61 Å². The molecule has 58 heteroatoms. The standard InChI is InChI=1S/C47H65B4N9O34P2S5.2CO2/c1-20-27(17-80-97(64,65)66)86-45(32(57-60-54)41(20)95-50-48-62)89-33-21(2)34(88-43(61)26-14-10-7-11-15-26)46(84-23(33)4)91-36-28(18-81-98(67,68)69)87-44(31(56-59-53)38(36)93-100(73,74)75)90-35-24(5)85-47(40(94-101(76,77)78)39(35)79-16-25-12-8-6-9-13-25)92-37-29(19-82-99(70,71)72)83-22(3)30(55-58-52)42(37)96-51-49-63;2*2-1-3/h6-15,20-24,27-42,44-47,95-96H,16-19H2,1-5H3,(H,64,65,66)(H,67,68,69)(H,70,71,72)(H,73,74,75)(H,76,77,78);;/p-5/t20-,21+,22-,23?,24?,27?,28?,29?,30?,31?,32?,33+,34?,35-,36-,37-,38-,39-,40?,41+,42-,44+,45+,46+,47+;;/m1../s1. The van der Waals surface area contributed by atoms with Crippen molar-refractivity contribution in [1.82, 2.24) is 0 Å². The molecule has 5 fully saturated rings. The third-order valence-corrected chi connectivity index (χ3v) is 21.2. The number of esters is 1. The van der Waals surface area contributed by atoms with Gasteiger partial charge in [-0.15, -0.1) is 0 Å². The third kappa shape index (κ3) is 28.5. The Bertz CT molecular complexity index is 4100. The monoisotopic (exact) mass is 1650 g/mol. The van der Waals surface area contributed by atoms with Crippen LogP contribution in [-0.2, 0) is 160 Å². The van der Waals surface area contributed by atoms with Gasteiger partial charge in [0.1, 0.15) is 12.2 Å². The van der Waals surface area contributed by atoms with Crippen LogP contribution in [0.1, 0.15) is 50.5 Å². The van der Waals surface area contributed by atoms with Gasteiger partial charge in [-0.25, -0.2) is 16.8 Å². The summed E-state index contributed by atoms with van der Waals surface area (Å²) >= 11 is 0. The van der Waals surface area contributed by atoms with E-state index in [9.17, 15) is 95.7 Å². The van der Waals surface area contributed by atoms with Crippen LogP contribution in [0, 0.1) is 11.8 Å². The van der Waals surface area contributed by atoms with E-state index >= 15 is 0 Å². The fourth-order valence-electron chi connectivity index (χ4n) is 11.8. The first kappa shape index (κ1) is 91.9. The zero-order chi connectivity index (χ0) is 79.8. The number of carbonyl (C=O) groups is 1. The normalized spacial score (nSPS) is 33.2. The third-order valence-electron chi connectivity index (χ3n) is 16.1. The van der Waals surface area contributed by atoms with Gasteiger partial charge in [0, 0.05) is 4.91 Å². The smallest absolute Gasteiger partial charge is 0.186 e. The van der Waals surface area contributed by atoms with E-state index in [1.54, 1.807) is 6.07 Å². The molecule has 0 bridgehead atoms. The van der Waals surface area contributed by atoms with Crippen molar-refractivity contribution in [3.8, 4) is 0 Å². The van der Waals surface area contributed by atoms with Gasteiger partial charge in [-0.3, -0.25) is 8.37 Å². The van der Waals surface area contributed by atoms with Crippen molar-refractivity contribution in [3.05, 3.63) is 103 Å². The molecule has 0 aliphatic carbocycles. The molecule has 0 N–H and O–H groups in total. The quantitative estimate of drug-likeness (QED) is 0.0112. The Balaban J connectivity index is 0.00000331. The molecule has 5 aliphatic rings. The summed E-state index contributed by atoms with van der Waals surface area (Å²) < 4.78 is 301. The molecule has 107 heavy (non-hydrogen) atoms. The molecule has 0 spiro atoms. The first-order chi connectivity index (χ1) is 50.3. The Morgan fingerprint density at radius 1 is 0.477 bits per heavy atom. The Hall–Kier alpha value is -5.73. The number of carbonyl (C=O) groups excluding carboxylic acids is 5. The topological polar surface area (TPSA) is 699 Å². The van der Waals surface area contributed by atoms with E-state index < -0.39 is 253 Å². The van der Waals surface area contributed by atoms with Crippen molar-refractivity contribution in [2.75, 3.05) is 19.8 Å². The summed E-state index contributed by atoms with van der Waals surface area (Å²) in [4.78, 5) is 55.1. The summed E-state index contributed by atoms with van der Waals surface area (Å²) in [5.74, 6) is -3.33. The molecule has 0 saturated carbocycles. The first-order valence-corrected chi connectivity index (χ1v) is 39.3. The number of nitrogens with zero attached hydrogens (tertiary/aromatic N) is 9. The van der Waals surface area contributed by atoms with Gasteiger partial charge < -0.3 is 9.11 Å². The van der Waals surface area contributed by atoms with Crippen molar-refractivity contribution in [2.45, 2.75) is 181 Å². The van der Waals surface area contributed by atoms with Crippen molar-refractivity contribution in [2.24, 2.45) is 27.2 Å². The number of benzene rings is 2. The summed E-state index contributed by atoms with van der Waals surface area (Å²) in [5.41, 5.74) is 27.6. The van der Waals surface area contributed by atoms with Gasteiger partial charge >= 0.3 is 461 Å². The molecule has 47 nitrogen and oxygen atoms in total. The Kier molecular flexibility index (Phi) is 36.6. The molecule has 27 atom stereocenters. The van der Waals surface area contributed by atoms with Crippen molar-refractivity contribution >= 4 is 115 Å². The minimum atomic E-state index is -6.20. The first-order valence-electron chi connectivity index (χ1n) is 30.4. The van der Waals surface area contributed by atoms with E-state index in [4.69, 9.17) is 79.6 Å². The second-order valence-corrected chi connectivity index (χ2v) is 30.6. The van der Waals surface area contributed by atoms with Crippen LogP contribution in [0.3, 0.4) is 0 Å². The van der Waals surface area contributed by atoms with Gasteiger partial charge in [-0.2, -0.15) is 19.2 Å².